The lowest BCUT2D eigenvalue weighted by atomic mass is 10.3. The Morgan fingerprint density at radius 2 is 2.38 bits per heavy atom. The molecule has 13 heavy (non-hydrogen) atoms. The van der Waals surface area contributed by atoms with Crippen molar-refractivity contribution in [1.82, 2.24) is 10.2 Å². The van der Waals surface area contributed by atoms with E-state index in [0.29, 0.717) is 13.1 Å². The minimum Gasteiger partial charge on any atom is -0.355 e. The fourth-order valence-corrected chi connectivity index (χ4v) is 1.34. The molecule has 1 aliphatic heterocycles. The second-order valence-electron chi connectivity index (χ2n) is 3.15. The first-order valence-corrected chi connectivity index (χ1v) is 4.67. The van der Waals surface area contributed by atoms with Crippen LogP contribution in [0.5, 0.6) is 0 Å². The standard InChI is InChI=1S/C9H17N3O/c10-4-1-2-6-12-7-3-5-11-9(13)8-12/h1-2H,3-8,10H2,(H,11,13). The van der Waals surface area contributed by atoms with Crippen LogP contribution in [0.4, 0.5) is 0 Å². The van der Waals surface area contributed by atoms with Gasteiger partial charge in [0.2, 0.25) is 5.91 Å². The zero-order chi connectivity index (χ0) is 9.52. The first kappa shape index (κ1) is 10.2. The molecule has 0 aliphatic carbocycles. The Bertz CT molecular complexity index is 191. The van der Waals surface area contributed by atoms with Crippen molar-refractivity contribution in [2.75, 3.05) is 32.7 Å². The molecule has 4 heteroatoms. The normalized spacial score (nSPS) is 20.2. The number of carbonyl (C=O) groups excluding carboxylic acids is 1. The molecule has 4 nitrogen and oxygen atoms in total. The lowest BCUT2D eigenvalue weighted by Crippen LogP contribution is -2.33. The molecule has 0 saturated carbocycles. The third kappa shape index (κ3) is 4.05. The van der Waals surface area contributed by atoms with Gasteiger partial charge in [-0.3, -0.25) is 9.69 Å². The van der Waals surface area contributed by atoms with Crippen LogP contribution in [-0.4, -0.2) is 43.5 Å². The molecule has 0 radical (unpaired) electrons. The average molecular weight is 183 g/mol. The number of nitrogens with two attached hydrogens (primary N) is 1. The third-order valence-corrected chi connectivity index (χ3v) is 2.01. The predicted molar refractivity (Wildman–Crippen MR) is 52.3 cm³/mol. The quantitative estimate of drug-likeness (QED) is 0.570. The number of nitrogens with zero attached hydrogens (tertiary/aromatic N) is 1. The van der Waals surface area contributed by atoms with Gasteiger partial charge >= 0.3 is 0 Å². The highest BCUT2D eigenvalue weighted by molar-refractivity contribution is 5.78. The number of amides is 1. The van der Waals surface area contributed by atoms with Crippen molar-refractivity contribution < 1.29 is 4.79 Å². The van der Waals surface area contributed by atoms with E-state index in [9.17, 15) is 4.79 Å². The van der Waals surface area contributed by atoms with Gasteiger partial charge in [0.25, 0.3) is 0 Å². The predicted octanol–water partition coefficient (Wildman–Crippen LogP) is -0.677. The van der Waals surface area contributed by atoms with Crippen LogP contribution >= 0.6 is 0 Å². The summed E-state index contributed by atoms with van der Waals surface area (Å²) in [5.41, 5.74) is 5.32. The molecule has 1 fully saturated rings. The third-order valence-electron chi connectivity index (χ3n) is 2.01. The Morgan fingerprint density at radius 1 is 1.54 bits per heavy atom. The molecule has 1 rings (SSSR count). The van der Waals surface area contributed by atoms with E-state index in [1.807, 2.05) is 12.2 Å². The first-order valence-electron chi connectivity index (χ1n) is 4.67. The number of nitrogens with one attached hydrogen (secondary N) is 1. The molecule has 1 heterocycles. The highest BCUT2D eigenvalue weighted by Gasteiger charge is 2.12. The van der Waals surface area contributed by atoms with Gasteiger partial charge in [-0.15, -0.1) is 0 Å². The van der Waals surface area contributed by atoms with Crippen molar-refractivity contribution in [1.29, 1.82) is 0 Å². The summed E-state index contributed by atoms with van der Waals surface area (Å²) in [5, 5.41) is 2.84. The van der Waals surface area contributed by atoms with E-state index in [2.05, 4.69) is 10.2 Å². The Labute approximate surface area is 78.8 Å². The summed E-state index contributed by atoms with van der Waals surface area (Å²) < 4.78 is 0. The van der Waals surface area contributed by atoms with Crippen LogP contribution in [0.2, 0.25) is 0 Å². The number of hydrogen-bond donors (Lipinski definition) is 2. The molecule has 0 spiro atoms. The summed E-state index contributed by atoms with van der Waals surface area (Å²) in [6.45, 7) is 3.68. The second-order valence-corrected chi connectivity index (χ2v) is 3.15. The minimum absolute atomic E-state index is 0.124. The van der Waals surface area contributed by atoms with E-state index in [4.69, 9.17) is 5.73 Å². The van der Waals surface area contributed by atoms with Crippen LogP contribution in [0.1, 0.15) is 6.42 Å². The van der Waals surface area contributed by atoms with E-state index in [0.717, 1.165) is 26.1 Å². The van der Waals surface area contributed by atoms with Crippen LogP contribution < -0.4 is 11.1 Å². The van der Waals surface area contributed by atoms with E-state index in [-0.39, 0.29) is 5.91 Å². The molecule has 74 valence electrons. The summed E-state index contributed by atoms with van der Waals surface area (Å²) in [7, 11) is 0. The van der Waals surface area contributed by atoms with Crippen molar-refractivity contribution >= 4 is 5.91 Å². The molecule has 1 aliphatic rings. The highest BCUT2D eigenvalue weighted by Crippen LogP contribution is 1.95. The van der Waals surface area contributed by atoms with Gasteiger partial charge in [-0.1, -0.05) is 12.2 Å². The number of carbonyl (C=O) groups is 1. The van der Waals surface area contributed by atoms with Crippen molar-refractivity contribution in [3.8, 4) is 0 Å². The maximum absolute atomic E-state index is 11.1. The summed E-state index contributed by atoms with van der Waals surface area (Å²) >= 11 is 0. The molecule has 1 amide bonds. The zero-order valence-corrected chi connectivity index (χ0v) is 7.83. The topological polar surface area (TPSA) is 58.4 Å². The number of hydrogen-bond acceptors (Lipinski definition) is 3. The van der Waals surface area contributed by atoms with E-state index in [1.165, 1.54) is 0 Å². The molecule has 0 unspecified atom stereocenters. The Kier molecular flexibility index (Phi) is 4.49. The lowest BCUT2D eigenvalue weighted by molar-refractivity contribution is -0.121. The SMILES string of the molecule is NCC=CCN1CCCNC(=O)C1. The smallest absolute Gasteiger partial charge is 0.234 e. The van der Waals surface area contributed by atoms with Gasteiger partial charge in [0.05, 0.1) is 6.54 Å². The first-order chi connectivity index (χ1) is 6.33. The molecule has 1 saturated heterocycles. The minimum atomic E-state index is 0.124. The summed E-state index contributed by atoms with van der Waals surface area (Å²) in [6.07, 6.45) is 4.96. The van der Waals surface area contributed by atoms with E-state index >= 15 is 0 Å². The maximum atomic E-state index is 11.1. The van der Waals surface area contributed by atoms with Crippen molar-refractivity contribution in [2.24, 2.45) is 5.73 Å². The highest BCUT2D eigenvalue weighted by atomic mass is 16.2. The van der Waals surface area contributed by atoms with Gasteiger partial charge < -0.3 is 11.1 Å². The zero-order valence-electron chi connectivity index (χ0n) is 7.83. The monoisotopic (exact) mass is 183 g/mol. The van der Waals surface area contributed by atoms with E-state index in [1.54, 1.807) is 0 Å². The van der Waals surface area contributed by atoms with Gasteiger partial charge in [-0.05, 0) is 6.42 Å². The average Bonchev–Trinajstić information content (AvgIpc) is 2.31. The Morgan fingerprint density at radius 3 is 3.15 bits per heavy atom. The van der Waals surface area contributed by atoms with Gasteiger partial charge in [0, 0.05) is 26.2 Å². The maximum Gasteiger partial charge on any atom is 0.234 e. The lowest BCUT2D eigenvalue weighted by Gasteiger charge is -2.15. The van der Waals surface area contributed by atoms with Crippen molar-refractivity contribution in [3.05, 3.63) is 12.2 Å². The van der Waals surface area contributed by atoms with Crippen LogP contribution in [0.3, 0.4) is 0 Å². The largest absolute Gasteiger partial charge is 0.355 e. The van der Waals surface area contributed by atoms with E-state index < -0.39 is 0 Å². The fraction of sp³-hybridized carbons (Fsp3) is 0.667. The van der Waals surface area contributed by atoms with Crippen LogP contribution in [-0.2, 0) is 4.79 Å². The number of rotatable bonds is 3. The van der Waals surface area contributed by atoms with Crippen molar-refractivity contribution in [3.63, 3.8) is 0 Å². The van der Waals surface area contributed by atoms with Gasteiger partial charge in [-0.2, -0.15) is 0 Å². The van der Waals surface area contributed by atoms with Gasteiger partial charge in [0.1, 0.15) is 0 Å². The molecule has 3 N–H and O–H groups in total. The second kappa shape index (κ2) is 5.72. The molecule has 0 aromatic heterocycles. The molecule has 0 aromatic rings. The van der Waals surface area contributed by atoms with Gasteiger partial charge in [-0.25, -0.2) is 0 Å². The summed E-state index contributed by atoms with van der Waals surface area (Å²) in [4.78, 5) is 13.2. The Hall–Kier alpha value is -0.870. The fourth-order valence-electron chi connectivity index (χ4n) is 1.34. The van der Waals surface area contributed by atoms with Gasteiger partial charge in [0.15, 0.2) is 0 Å². The van der Waals surface area contributed by atoms with Crippen LogP contribution in [0.25, 0.3) is 0 Å². The summed E-state index contributed by atoms with van der Waals surface area (Å²) in [5.74, 6) is 0.124. The molecular weight excluding hydrogens is 166 g/mol. The van der Waals surface area contributed by atoms with Crippen LogP contribution in [0, 0.1) is 0 Å². The Balaban J connectivity index is 2.30. The summed E-state index contributed by atoms with van der Waals surface area (Å²) in [6, 6.07) is 0. The van der Waals surface area contributed by atoms with Crippen molar-refractivity contribution in [2.45, 2.75) is 6.42 Å². The molecule has 0 aromatic carbocycles. The van der Waals surface area contributed by atoms with Crippen LogP contribution in [0.15, 0.2) is 12.2 Å². The molecule has 0 bridgehead atoms. The molecule has 0 atom stereocenters. The molecular formula is C9H17N3O.